The number of rotatable bonds is 3. The first kappa shape index (κ1) is 18.9. The summed E-state index contributed by atoms with van der Waals surface area (Å²) in [7, 11) is 1.63. The molecule has 1 N–H and O–H groups in total. The van der Waals surface area contributed by atoms with Gasteiger partial charge in [-0.2, -0.15) is 0 Å². The summed E-state index contributed by atoms with van der Waals surface area (Å²) in [4.78, 5) is 29.3. The molecule has 5 heteroatoms. The second-order valence-electron chi connectivity index (χ2n) is 7.48. The van der Waals surface area contributed by atoms with Gasteiger partial charge in [0.25, 0.3) is 5.56 Å². The van der Waals surface area contributed by atoms with Crippen molar-refractivity contribution >= 4 is 21.7 Å². The van der Waals surface area contributed by atoms with Gasteiger partial charge in [-0.25, -0.2) is 9.36 Å². The van der Waals surface area contributed by atoms with Gasteiger partial charge in [0, 0.05) is 10.9 Å². The lowest BCUT2D eigenvalue weighted by Gasteiger charge is -2.13. The Kier molecular flexibility index (Phi) is 4.44. The maximum Gasteiger partial charge on any atom is 0.333 e. The highest BCUT2D eigenvalue weighted by molar-refractivity contribution is 5.91. The third kappa shape index (κ3) is 3.02. The first-order valence-corrected chi connectivity index (χ1v) is 9.99. The minimum atomic E-state index is -0.470. The molecule has 0 atom stereocenters. The van der Waals surface area contributed by atoms with E-state index in [1.807, 2.05) is 73.7 Å². The van der Waals surface area contributed by atoms with Crippen molar-refractivity contribution in [1.82, 2.24) is 9.55 Å². The van der Waals surface area contributed by atoms with Crippen LogP contribution in [0, 0.1) is 6.92 Å². The Balaban J connectivity index is 1.77. The highest BCUT2D eigenvalue weighted by atomic mass is 16.5. The molecular formula is C26H20N2O3. The monoisotopic (exact) mass is 408 g/mol. The van der Waals surface area contributed by atoms with Crippen molar-refractivity contribution in [2.45, 2.75) is 6.92 Å². The van der Waals surface area contributed by atoms with Gasteiger partial charge in [0.2, 0.25) is 0 Å². The van der Waals surface area contributed by atoms with E-state index >= 15 is 0 Å². The van der Waals surface area contributed by atoms with E-state index in [9.17, 15) is 9.59 Å². The van der Waals surface area contributed by atoms with Gasteiger partial charge in [0.05, 0.1) is 23.7 Å². The molecule has 0 bridgehead atoms. The fourth-order valence-corrected chi connectivity index (χ4v) is 4.18. The molecule has 0 amide bonds. The van der Waals surface area contributed by atoms with Crippen molar-refractivity contribution in [2.24, 2.45) is 0 Å². The second kappa shape index (κ2) is 7.29. The third-order valence-electron chi connectivity index (χ3n) is 5.65. The number of fused-ring (bicyclic) bond motifs is 2. The van der Waals surface area contributed by atoms with Crippen LogP contribution in [0.15, 0.2) is 88.5 Å². The summed E-state index contributed by atoms with van der Waals surface area (Å²) in [6.45, 7) is 2.00. The first-order valence-electron chi connectivity index (χ1n) is 9.99. The Hall–Kier alpha value is -4.12. The van der Waals surface area contributed by atoms with Crippen LogP contribution in [0.4, 0.5) is 0 Å². The number of nitrogens with one attached hydrogen (secondary N) is 1. The van der Waals surface area contributed by atoms with Crippen LogP contribution >= 0.6 is 0 Å². The molecule has 4 aromatic carbocycles. The number of ether oxygens (including phenoxy) is 1. The predicted molar refractivity (Wildman–Crippen MR) is 124 cm³/mol. The molecule has 5 rings (SSSR count). The van der Waals surface area contributed by atoms with Gasteiger partial charge >= 0.3 is 5.69 Å². The predicted octanol–water partition coefficient (Wildman–Crippen LogP) is 4.82. The average molecular weight is 408 g/mol. The van der Waals surface area contributed by atoms with E-state index in [-0.39, 0.29) is 5.56 Å². The smallest absolute Gasteiger partial charge is 0.333 e. The van der Waals surface area contributed by atoms with Crippen LogP contribution in [0.1, 0.15) is 5.56 Å². The lowest BCUT2D eigenvalue weighted by atomic mass is 9.98. The highest BCUT2D eigenvalue weighted by Gasteiger charge is 2.14. The Morgan fingerprint density at radius 1 is 0.839 bits per heavy atom. The van der Waals surface area contributed by atoms with Gasteiger partial charge < -0.3 is 9.72 Å². The van der Waals surface area contributed by atoms with Crippen molar-refractivity contribution < 1.29 is 4.74 Å². The Labute approximate surface area is 178 Å². The fourth-order valence-electron chi connectivity index (χ4n) is 4.18. The molecule has 5 nitrogen and oxygen atoms in total. The summed E-state index contributed by atoms with van der Waals surface area (Å²) in [6, 6.07) is 24.6. The average Bonchev–Trinajstić information content (AvgIpc) is 2.78. The Bertz CT molecular complexity index is 1570. The van der Waals surface area contributed by atoms with E-state index < -0.39 is 5.69 Å². The van der Waals surface area contributed by atoms with Gasteiger partial charge in [-0.3, -0.25) is 4.79 Å². The number of benzene rings is 4. The number of aromatic nitrogens is 2. The molecular weight excluding hydrogens is 388 g/mol. The van der Waals surface area contributed by atoms with Gasteiger partial charge in [-0.15, -0.1) is 0 Å². The molecule has 0 spiro atoms. The van der Waals surface area contributed by atoms with Gasteiger partial charge in [0.15, 0.2) is 0 Å². The molecule has 1 aromatic heterocycles. The third-order valence-corrected chi connectivity index (χ3v) is 5.65. The van der Waals surface area contributed by atoms with Crippen molar-refractivity contribution in [3.63, 3.8) is 0 Å². The molecule has 0 unspecified atom stereocenters. The highest BCUT2D eigenvalue weighted by Crippen LogP contribution is 2.34. The zero-order chi connectivity index (χ0) is 21.5. The molecule has 0 aliphatic carbocycles. The summed E-state index contributed by atoms with van der Waals surface area (Å²) >= 11 is 0. The van der Waals surface area contributed by atoms with E-state index in [1.54, 1.807) is 19.2 Å². The molecule has 0 fully saturated rings. The summed E-state index contributed by atoms with van der Waals surface area (Å²) in [6.07, 6.45) is 0. The molecule has 5 aromatic rings. The molecule has 1 heterocycles. The SMILES string of the molecule is COc1cccc(C)c1-c1ccc2c(=O)n(-c3cccc4ccccc34)c(=O)[nH]c2c1. The Morgan fingerprint density at radius 3 is 2.45 bits per heavy atom. The first-order chi connectivity index (χ1) is 15.1. The molecule has 31 heavy (non-hydrogen) atoms. The number of hydrogen-bond donors (Lipinski definition) is 1. The number of aryl methyl sites for hydroxylation is 1. The van der Waals surface area contributed by atoms with Gasteiger partial charge in [0.1, 0.15) is 5.75 Å². The zero-order valence-corrected chi connectivity index (χ0v) is 17.2. The lowest BCUT2D eigenvalue weighted by Crippen LogP contribution is -2.33. The number of methoxy groups -OCH3 is 1. The van der Waals surface area contributed by atoms with E-state index in [0.717, 1.165) is 33.2 Å². The van der Waals surface area contributed by atoms with E-state index in [4.69, 9.17) is 4.74 Å². The van der Waals surface area contributed by atoms with E-state index in [1.165, 1.54) is 4.57 Å². The molecule has 0 aliphatic rings. The van der Waals surface area contributed by atoms with E-state index in [2.05, 4.69) is 4.98 Å². The number of H-pyrrole nitrogens is 1. The quantitative estimate of drug-likeness (QED) is 0.466. The second-order valence-corrected chi connectivity index (χ2v) is 7.48. The van der Waals surface area contributed by atoms with Crippen LogP contribution in [-0.4, -0.2) is 16.7 Å². The van der Waals surface area contributed by atoms with Crippen LogP contribution in [0.3, 0.4) is 0 Å². The Morgan fingerprint density at radius 2 is 1.61 bits per heavy atom. The minimum absolute atomic E-state index is 0.349. The maximum absolute atomic E-state index is 13.3. The number of nitrogens with zero attached hydrogens (tertiary/aromatic N) is 1. The summed E-state index contributed by atoms with van der Waals surface area (Å²) < 4.78 is 6.73. The van der Waals surface area contributed by atoms with Gasteiger partial charge in [-0.1, -0.05) is 54.6 Å². The molecule has 0 radical (unpaired) electrons. The lowest BCUT2D eigenvalue weighted by molar-refractivity contribution is 0.416. The van der Waals surface area contributed by atoms with Gasteiger partial charge in [-0.05, 0) is 47.7 Å². The standard InChI is InChI=1S/C26H20N2O3/c1-16-7-5-12-23(31-2)24(16)18-13-14-20-21(15-18)27-26(30)28(25(20)29)22-11-6-9-17-8-3-4-10-19(17)22/h3-15H,1-2H3,(H,27,30). The van der Waals surface area contributed by atoms with Crippen molar-refractivity contribution in [2.75, 3.05) is 7.11 Å². The van der Waals surface area contributed by atoms with Crippen molar-refractivity contribution in [3.8, 4) is 22.6 Å². The van der Waals surface area contributed by atoms with Crippen LogP contribution in [-0.2, 0) is 0 Å². The molecule has 0 saturated carbocycles. The van der Waals surface area contributed by atoms with Crippen molar-refractivity contribution in [3.05, 3.63) is 105 Å². The molecule has 0 saturated heterocycles. The van der Waals surface area contributed by atoms with Crippen LogP contribution in [0.5, 0.6) is 5.75 Å². The summed E-state index contributed by atoms with van der Waals surface area (Å²) in [5.41, 5.74) is 3.10. The number of aromatic amines is 1. The summed E-state index contributed by atoms with van der Waals surface area (Å²) in [5.74, 6) is 0.741. The normalized spacial score (nSPS) is 11.2. The topological polar surface area (TPSA) is 64.1 Å². The fraction of sp³-hybridized carbons (Fsp3) is 0.0769. The minimum Gasteiger partial charge on any atom is -0.496 e. The van der Waals surface area contributed by atoms with Crippen LogP contribution in [0.2, 0.25) is 0 Å². The van der Waals surface area contributed by atoms with Crippen LogP contribution in [0.25, 0.3) is 38.5 Å². The molecule has 152 valence electrons. The summed E-state index contributed by atoms with van der Waals surface area (Å²) in [5, 5.41) is 2.26. The number of hydrogen-bond acceptors (Lipinski definition) is 3. The van der Waals surface area contributed by atoms with Crippen LogP contribution < -0.4 is 16.0 Å². The molecule has 0 aliphatic heterocycles. The van der Waals surface area contributed by atoms with E-state index in [0.29, 0.717) is 16.6 Å². The largest absolute Gasteiger partial charge is 0.496 e. The van der Waals surface area contributed by atoms with Crippen molar-refractivity contribution in [1.29, 1.82) is 0 Å². The maximum atomic E-state index is 13.3. The zero-order valence-electron chi connectivity index (χ0n) is 17.2.